The summed E-state index contributed by atoms with van der Waals surface area (Å²) in [5.74, 6) is -0.0190. The average molecular weight is 302 g/mol. The van der Waals surface area contributed by atoms with E-state index in [9.17, 15) is 9.59 Å². The molecule has 2 aliphatic rings. The lowest BCUT2D eigenvalue weighted by Gasteiger charge is -2.15. The SMILES string of the molecule is COC(=O)c1cccc(C(=O)NC[C@@H]2CCN(C3CC3)C2)c1. The Kier molecular flexibility index (Phi) is 4.43. The zero-order valence-electron chi connectivity index (χ0n) is 12.9. The van der Waals surface area contributed by atoms with Crippen LogP contribution in [0.15, 0.2) is 24.3 Å². The molecule has 0 radical (unpaired) electrons. The smallest absolute Gasteiger partial charge is 0.337 e. The standard InChI is InChI=1S/C17H22N2O3/c1-22-17(21)14-4-2-3-13(9-14)16(20)18-10-12-7-8-19(11-12)15-5-6-15/h2-4,9,12,15H,5-8,10-11H2,1H3,(H,18,20)/t12-/m0/s1. The predicted octanol–water partition coefficient (Wildman–Crippen LogP) is 1.69. The third kappa shape index (κ3) is 3.47. The Morgan fingerprint density at radius 3 is 2.77 bits per heavy atom. The number of amides is 1. The van der Waals surface area contributed by atoms with Crippen LogP contribution < -0.4 is 5.32 Å². The summed E-state index contributed by atoms with van der Waals surface area (Å²) < 4.78 is 4.68. The molecule has 0 unspecified atom stereocenters. The van der Waals surface area contributed by atoms with Gasteiger partial charge in [-0.15, -0.1) is 0 Å². The molecule has 5 heteroatoms. The van der Waals surface area contributed by atoms with Gasteiger partial charge < -0.3 is 15.0 Å². The molecule has 1 N–H and O–H groups in total. The van der Waals surface area contributed by atoms with Crippen LogP contribution in [0.1, 0.15) is 40.0 Å². The maximum atomic E-state index is 12.2. The molecule has 1 amide bonds. The number of esters is 1. The van der Waals surface area contributed by atoms with Crippen molar-refractivity contribution in [2.45, 2.75) is 25.3 Å². The second-order valence-electron chi connectivity index (χ2n) is 6.16. The van der Waals surface area contributed by atoms with Gasteiger partial charge in [0, 0.05) is 24.7 Å². The van der Waals surface area contributed by atoms with Gasteiger partial charge in [0.05, 0.1) is 12.7 Å². The third-order valence-corrected chi connectivity index (χ3v) is 4.48. The maximum Gasteiger partial charge on any atom is 0.337 e. The molecule has 0 bridgehead atoms. The highest BCUT2D eigenvalue weighted by Gasteiger charge is 2.34. The summed E-state index contributed by atoms with van der Waals surface area (Å²) in [7, 11) is 1.33. The number of nitrogens with one attached hydrogen (secondary N) is 1. The van der Waals surface area contributed by atoms with E-state index in [1.54, 1.807) is 24.3 Å². The molecule has 22 heavy (non-hydrogen) atoms. The third-order valence-electron chi connectivity index (χ3n) is 4.48. The Labute approximate surface area is 130 Å². The van der Waals surface area contributed by atoms with Gasteiger partial charge in [0.15, 0.2) is 0 Å². The summed E-state index contributed by atoms with van der Waals surface area (Å²) in [5, 5.41) is 2.99. The first kappa shape index (κ1) is 15.0. The Morgan fingerprint density at radius 1 is 1.27 bits per heavy atom. The van der Waals surface area contributed by atoms with E-state index in [1.807, 2.05) is 0 Å². The van der Waals surface area contributed by atoms with Crippen LogP contribution >= 0.6 is 0 Å². The highest BCUT2D eigenvalue weighted by Crippen LogP contribution is 2.31. The summed E-state index contributed by atoms with van der Waals surface area (Å²) in [4.78, 5) is 26.3. The number of rotatable bonds is 5. The second-order valence-corrected chi connectivity index (χ2v) is 6.16. The minimum absolute atomic E-state index is 0.129. The minimum Gasteiger partial charge on any atom is -0.465 e. The lowest BCUT2D eigenvalue weighted by Crippen LogP contribution is -2.31. The predicted molar refractivity (Wildman–Crippen MR) is 82.8 cm³/mol. The summed E-state index contributed by atoms with van der Waals surface area (Å²) in [6, 6.07) is 7.44. The van der Waals surface area contributed by atoms with Crippen LogP contribution in [0, 0.1) is 5.92 Å². The Balaban J connectivity index is 1.52. The van der Waals surface area contributed by atoms with Crippen LogP contribution in [0.5, 0.6) is 0 Å². The van der Waals surface area contributed by atoms with Gasteiger partial charge in [-0.1, -0.05) is 6.07 Å². The van der Waals surface area contributed by atoms with Crippen LogP contribution in [0.4, 0.5) is 0 Å². The number of benzene rings is 1. The van der Waals surface area contributed by atoms with E-state index in [0.717, 1.165) is 25.6 Å². The van der Waals surface area contributed by atoms with Gasteiger partial charge in [0.25, 0.3) is 5.91 Å². The highest BCUT2D eigenvalue weighted by atomic mass is 16.5. The van der Waals surface area contributed by atoms with Crippen molar-refractivity contribution < 1.29 is 14.3 Å². The van der Waals surface area contributed by atoms with Gasteiger partial charge >= 0.3 is 5.97 Å². The van der Waals surface area contributed by atoms with Crippen LogP contribution in [0.3, 0.4) is 0 Å². The molecule has 3 rings (SSSR count). The van der Waals surface area contributed by atoms with Crippen LogP contribution in [0.25, 0.3) is 0 Å². The molecule has 1 saturated heterocycles. The van der Waals surface area contributed by atoms with Crippen LogP contribution in [-0.4, -0.2) is 49.6 Å². The average Bonchev–Trinajstić information content (AvgIpc) is 3.30. The zero-order valence-corrected chi connectivity index (χ0v) is 12.9. The van der Waals surface area contributed by atoms with Gasteiger partial charge in [-0.05, 0) is 49.9 Å². The zero-order chi connectivity index (χ0) is 15.5. The van der Waals surface area contributed by atoms with Crippen molar-refractivity contribution in [1.29, 1.82) is 0 Å². The summed E-state index contributed by atoms with van der Waals surface area (Å²) in [6.45, 7) is 2.95. The maximum absolute atomic E-state index is 12.2. The van der Waals surface area contributed by atoms with Gasteiger partial charge in [0.2, 0.25) is 0 Å². The molecule has 1 aliphatic carbocycles. The van der Waals surface area contributed by atoms with Crippen LogP contribution in [-0.2, 0) is 4.74 Å². The molecule has 1 heterocycles. The van der Waals surface area contributed by atoms with Gasteiger partial charge in [-0.25, -0.2) is 4.79 Å². The molecule has 118 valence electrons. The van der Waals surface area contributed by atoms with Crippen LogP contribution in [0.2, 0.25) is 0 Å². The number of hydrogen-bond donors (Lipinski definition) is 1. The molecule has 1 saturated carbocycles. The summed E-state index contributed by atoms with van der Waals surface area (Å²) in [6.07, 6.45) is 3.82. The van der Waals surface area contributed by atoms with E-state index >= 15 is 0 Å². The topological polar surface area (TPSA) is 58.6 Å². The van der Waals surface area contributed by atoms with Crippen molar-refractivity contribution >= 4 is 11.9 Å². The van der Waals surface area contributed by atoms with Crippen molar-refractivity contribution in [3.8, 4) is 0 Å². The minimum atomic E-state index is -0.425. The Bertz CT molecular complexity index is 569. The Morgan fingerprint density at radius 2 is 2.05 bits per heavy atom. The number of carbonyl (C=O) groups excluding carboxylic acids is 2. The summed E-state index contributed by atoms with van der Waals surface area (Å²) >= 11 is 0. The first-order valence-corrected chi connectivity index (χ1v) is 7.88. The number of hydrogen-bond acceptors (Lipinski definition) is 4. The van der Waals surface area contributed by atoms with Crippen molar-refractivity contribution in [3.63, 3.8) is 0 Å². The van der Waals surface area contributed by atoms with Gasteiger partial charge in [-0.2, -0.15) is 0 Å². The Hall–Kier alpha value is -1.88. The first-order chi connectivity index (χ1) is 10.7. The molecule has 1 aromatic carbocycles. The molecule has 1 aromatic rings. The molecular weight excluding hydrogens is 280 g/mol. The fourth-order valence-corrected chi connectivity index (χ4v) is 3.04. The fraction of sp³-hybridized carbons (Fsp3) is 0.529. The molecule has 0 aromatic heterocycles. The van der Waals surface area contributed by atoms with E-state index in [4.69, 9.17) is 0 Å². The van der Waals surface area contributed by atoms with Crippen molar-refractivity contribution in [2.24, 2.45) is 5.92 Å². The number of ether oxygens (including phenoxy) is 1. The largest absolute Gasteiger partial charge is 0.465 e. The number of carbonyl (C=O) groups is 2. The van der Waals surface area contributed by atoms with E-state index in [1.165, 1.54) is 20.0 Å². The highest BCUT2D eigenvalue weighted by molar-refractivity contribution is 5.97. The fourth-order valence-electron chi connectivity index (χ4n) is 3.04. The first-order valence-electron chi connectivity index (χ1n) is 7.88. The van der Waals surface area contributed by atoms with Crippen molar-refractivity contribution in [3.05, 3.63) is 35.4 Å². The quantitative estimate of drug-likeness (QED) is 0.841. The van der Waals surface area contributed by atoms with Crippen molar-refractivity contribution in [2.75, 3.05) is 26.7 Å². The van der Waals surface area contributed by atoms with Crippen molar-refractivity contribution in [1.82, 2.24) is 10.2 Å². The number of methoxy groups -OCH3 is 1. The number of likely N-dealkylation sites (tertiary alicyclic amines) is 1. The van der Waals surface area contributed by atoms with E-state index in [-0.39, 0.29) is 5.91 Å². The molecule has 5 nitrogen and oxygen atoms in total. The second kappa shape index (κ2) is 6.48. The normalized spacial score (nSPS) is 21.6. The number of nitrogens with zero attached hydrogens (tertiary/aromatic N) is 1. The van der Waals surface area contributed by atoms with E-state index in [0.29, 0.717) is 23.6 Å². The monoisotopic (exact) mass is 302 g/mol. The molecular formula is C17H22N2O3. The summed E-state index contributed by atoms with van der Waals surface area (Å²) in [5.41, 5.74) is 0.899. The van der Waals surface area contributed by atoms with E-state index < -0.39 is 5.97 Å². The van der Waals surface area contributed by atoms with Gasteiger partial charge in [-0.3, -0.25) is 4.79 Å². The molecule has 1 aliphatic heterocycles. The molecule has 0 spiro atoms. The van der Waals surface area contributed by atoms with Gasteiger partial charge in [0.1, 0.15) is 0 Å². The lowest BCUT2D eigenvalue weighted by molar-refractivity contribution is 0.0600. The van der Waals surface area contributed by atoms with E-state index in [2.05, 4.69) is 15.0 Å². The lowest BCUT2D eigenvalue weighted by atomic mass is 10.1. The molecule has 1 atom stereocenters. The molecule has 2 fully saturated rings.